The van der Waals surface area contributed by atoms with Crippen molar-refractivity contribution >= 4 is 34.5 Å². The van der Waals surface area contributed by atoms with E-state index in [1.54, 1.807) is 11.4 Å². The van der Waals surface area contributed by atoms with E-state index in [-0.39, 0.29) is 17.3 Å². The van der Waals surface area contributed by atoms with Crippen molar-refractivity contribution < 1.29 is 14.3 Å². The second-order valence-corrected chi connectivity index (χ2v) is 5.05. The summed E-state index contributed by atoms with van der Waals surface area (Å²) in [5.74, 6) is 4.08. The number of halogens is 2. The van der Waals surface area contributed by atoms with E-state index < -0.39 is 11.7 Å². The molecule has 1 amide bonds. The van der Waals surface area contributed by atoms with Gasteiger partial charge in [-0.05, 0) is 29.6 Å². The molecule has 0 aliphatic heterocycles. The quantitative estimate of drug-likeness (QED) is 0.837. The second-order valence-electron chi connectivity index (χ2n) is 3.70. The van der Waals surface area contributed by atoms with Crippen LogP contribution in [0.1, 0.15) is 15.2 Å². The maximum Gasteiger partial charge on any atom is 0.267 e. The largest absolute Gasteiger partial charge is 0.384 e. The van der Waals surface area contributed by atoms with Crippen LogP contribution in [0.15, 0.2) is 29.6 Å². The van der Waals surface area contributed by atoms with Gasteiger partial charge in [0.1, 0.15) is 17.3 Å². The molecule has 2 aromatic rings. The van der Waals surface area contributed by atoms with Crippen LogP contribution in [-0.4, -0.2) is 17.6 Å². The molecule has 0 atom stereocenters. The number of aliphatic hydroxyl groups is 1. The molecule has 0 radical (unpaired) electrons. The van der Waals surface area contributed by atoms with Gasteiger partial charge in [-0.2, -0.15) is 0 Å². The summed E-state index contributed by atoms with van der Waals surface area (Å²) in [6.45, 7) is -0.289. The highest BCUT2D eigenvalue weighted by Gasteiger charge is 2.14. The predicted molar refractivity (Wildman–Crippen MR) is 77.6 cm³/mol. The van der Waals surface area contributed by atoms with Crippen molar-refractivity contribution in [1.82, 2.24) is 0 Å². The fraction of sp³-hybridized carbons (Fsp3) is 0.0714. The third-order valence-corrected chi connectivity index (χ3v) is 3.50. The van der Waals surface area contributed by atoms with Crippen LogP contribution in [0, 0.1) is 17.7 Å². The Labute approximate surface area is 124 Å². The lowest BCUT2D eigenvalue weighted by atomic mass is 10.2. The molecular weight excluding hydrogens is 301 g/mol. The fourth-order valence-corrected chi connectivity index (χ4v) is 2.39. The minimum absolute atomic E-state index is 0.0499. The number of aliphatic hydroxyl groups excluding tert-OH is 1. The van der Waals surface area contributed by atoms with Crippen LogP contribution in [0.5, 0.6) is 0 Å². The summed E-state index contributed by atoms with van der Waals surface area (Å²) in [4.78, 5) is 12.4. The van der Waals surface area contributed by atoms with Crippen LogP contribution in [0.3, 0.4) is 0 Å². The lowest BCUT2D eigenvalue weighted by Gasteiger charge is -2.05. The molecule has 1 aromatic carbocycles. The number of anilines is 1. The van der Waals surface area contributed by atoms with Crippen molar-refractivity contribution in [2.75, 3.05) is 11.9 Å². The Morgan fingerprint density at radius 1 is 1.45 bits per heavy atom. The molecule has 0 fully saturated rings. The lowest BCUT2D eigenvalue weighted by Crippen LogP contribution is -2.12. The monoisotopic (exact) mass is 309 g/mol. The van der Waals surface area contributed by atoms with Crippen molar-refractivity contribution in [1.29, 1.82) is 0 Å². The Kier molecular flexibility index (Phi) is 4.74. The van der Waals surface area contributed by atoms with Gasteiger partial charge in [0.05, 0.1) is 5.69 Å². The first-order valence-electron chi connectivity index (χ1n) is 5.55. The first kappa shape index (κ1) is 14.5. The molecule has 1 heterocycles. The average Bonchev–Trinajstić information content (AvgIpc) is 2.88. The van der Waals surface area contributed by atoms with Crippen LogP contribution in [0.4, 0.5) is 10.1 Å². The van der Waals surface area contributed by atoms with E-state index in [9.17, 15) is 9.18 Å². The van der Waals surface area contributed by atoms with Gasteiger partial charge in [0.25, 0.3) is 5.91 Å². The zero-order valence-electron chi connectivity index (χ0n) is 10.1. The lowest BCUT2D eigenvalue weighted by molar-refractivity contribution is 0.103. The highest BCUT2D eigenvalue weighted by atomic mass is 35.5. The molecule has 20 heavy (non-hydrogen) atoms. The number of benzene rings is 1. The predicted octanol–water partition coefficient (Wildman–Crippen LogP) is 3.14. The van der Waals surface area contributed by atoms with Gasteiger partial charge in [0.2, 0.25) is 0 Å². The smallest absolute Gasteiger partial charge is 0.267 e. The van der Waals surface area contributed by atoms with Crippen molar-refractivity contribution in [3.8, 4) is 11.8 Å². The molecular formula is C14H9ClFNO2S. The Balaban J connectivity index is 2.22. The summed E-state index contributed by atoms with van der Waals surface area (Å²) in [6, 6.07) is 5.67. The first-order chi connectivity index (χ1) is 9.61. The zero-order valence-corrected chi connectivity index (χ0v) is 11.7. The second kappa shape index (κ2) is 6.53. The van der Waals surface area contributed by atoms with Gasteiger partial charge in [0.15, 0.2) is 0 Å². The van der Waals surface area contributed by atoms with Crippen molar-refractivity contribution in [2.24, 2.45) is 0 Å². The topological polar surface area (TPSA) is 49.3 Å². The third kappa shape index (κ3) is 3.36. The maximum atomic E-state index is 13.6. The fourth-order valence-electron chi connectivity index (χ4n) is 1.49. The molecule has 0 saturated heterocycles. The minimum atomic E-state index is -0.606. The van der Waals surface area contributed by atoms with Gasteiger partial charge < -0.3 is 10.4 Å². The summed E-state index contributed by atoms with van der Waals surface area (Å²) in [5, 5.41) is 13.1. The van der Waals surface area contributed by atoms with E-state index in [2.05, 4.69) is 17.2 Å². The highest BCUT2D eigenvalue weighted by Crippen LogP contribution is 2.22. The zero-order chi connectivity index (χ0) is 14.5. The van der Waals surface area contributed by atoms with E-state index in [1.165, 1.54) is 23.5 Å². The van der Waals surface area contributed by atoms with Gasteiger partial charge in [-0.1, -0.05) is 23.4 Å². The molecule has 0 aliphatic carbocycles. The first-order valence-corrected chi connectivity index (χ1v) is 6.81. The standard InChI is InChI=1S/C14H9ClFNO2S/c15-10-3-4-12(11(16)8-10)17-14(19)13-9(2-1-6-18)5-7-20-13/h3-5,7-8,18H,6H2,(H,17,19). The Hall–Kier alpha value is -1.87. The molecule has 2 rings (SSSR count). The Morgan fingerprint density at radius 2 is 2.25 bits per heavy atom. The highest BCUT2D eigenvalue weighted by molar-refractivity contribution is 7.12. The number of carbonyl (C=O) groups excluding carboxylic acids is 1. The number of amides is 1. The summed E-state index contributed by atoms with van der Waals surface area (Å²) in [5.41, 5.74) is 0.546. The van der Waals surface area contributed by atoms with Crippen molar-refractivity contribution in [2.45, 2.75) is 0 Å². The SMILES string of the molecule is O=C(Nc1ccc(Cl)cc1F)c1sccc1C#CCO. The average molecular weight is 310 g/mol. The number of nitrogens with one attached hydrogen (secondary N) is 1. The van der Waals surface area contributed by atoms with Crippen LogP contribution < -0.4 is 5.32 Å². The molecule has 6 heteroatoms. The molecule has 0 unspecified atom stereocenters. The van der Waals surface area contributed by atoms with Crippen molar-refractivity contribution in [3.05, 3.63) is 50.9 Å². The van der Waals surface area contributed by atoms with E-state index in [0.717, 1.165) is 6.07 Å². The Morgan fingerprint density at radius 3 is 2.95 bits per heavy atom. The molecule has 1 aromatic heterocycles. The molecule has 0 bridgehead atoms. The maximum absolute atomic E-state index is 13.6. The van der Waals surface area contributed by atoms with Gasteiger partial charge in [-0.3, -0.25) is 4.79 Å². The summed E-state index contributed by atoms with van der Waals surface area (Å²) in [6.07, 6.45) is 0. The van der Waals surface area contributed by atoms with Crippen LogP contribution in [-0.2, 0) is 0 Å². The normalized spacial score (nSPS) is 9.75. The van der Waals surface area contributed by atoms with Gasteiger partial charge in [0, 0.05) is 10.6 Å². The molecule has 0 saturated carbocycles. The molecule has 3 nitrogen and oxygen atoms in total. The van der Waals surface area contributed by atoms with Crippen LogP contribution in [0.2, 0.25) is 5.02 Å². The Bertz CT molecular complexity index is 703. The molecule has 2 N–H and O–H groups in total. The minimum Gasteiger partial charge on any atom is -0.384 e. The number of rotatable bonds is 2. The van der Waals surface area contributed by atoms with Gasteiger partial charge in [-0.15, -0.1) is 11.3 Å². The molecule has 0 spiro atoms. The molecule has 102 valence electrons. The van der Waals surface area contributed by atoms with Gasteiger partial charge >= 0.3 is 0 Å². The van der Waals surface area contributed by atoms with Crippen molar-refractivity contribution in [3.63, 3.8) is 0 Å². The summed E-state index contributed by atoms with van der Waals surface area (Å²) < 4.78 is 13.6. The van der Waals surface area contributed by atoms with Crippen LogP contribution in [0.25, 0.3) is 0 Å². The number of hydrogen-bond donors (Lipinski definition) is 2. The molecule has 0 aliphatic rings. The third-order valence-electron chi connectivity index (χ3n) is 2.35. The van der Waals surface area contributed by atoms with E-state index in [4.69, 9.17) is 16.7 Å². The van der Waals surface area contributed by atoms with E-state index in [0.29, 0.717) is 10.4 Å². The van der Waals surface area contributed by atoms with E-state index >= 15 is 0 Å². The number of carbonyl (C=O) groups is 1. The van der Waals surface area contributed by atoms with E-state index in [1.807, 2.05) is 0 Å². The van der Waals surface area contributed by atoms with Gasteiger partial charge in [-0.25, -0.2) is 4.39 Å². The number of thiophene rings is 1. The van der Waals surface area contributed by atoms with Crippen LogP contribution >= 0.6 is 22.9 Å². The summed E-state index contributed by atoms with van der Waals surface area (Å²) in [7, 11) is 0. The number of hydrogen-bond acceptors (Lipinski definition) is 3. The summed E-state index contributed by atoms with van der Waals surface area (Å²) >= 11 is 6.83.